The molecule has 0 aromatic carbocycles. The number of rotatable bonds is 61. The first kappa shape index (κ1) is 74.6. The van der Waals surface area contributed by atoms with Crippen molar-refractivity contribution >= 4 is 17.9 Å². The normalized spacial score (nSPS) is 12.6. The number of unbranched alkanes of at least 4 members (excludes halogenated alkanes) is 36. The van der Waals surface area contributed by atoms with E-state index in [1.807, 2.05) is 0 Å². The van der Waals surface area contributed by atoms with Crippen molar-refractivity contribution in [2.75, 3.05) is 13.2 Å². The zero-order valence-electron chi connectivity index (χ0n) is 51.7. The summed E-state index contributed by atoms with van der Waals surface area (Å²) in [5, 5.41) is 0. The molecule has 0 radical (unpaired) electrons. The van der Waals surface area contributed by atoms with Crippen molar-refractivity contribution in [3.63, 3.8) is 0 Å². The molecule has 1 unspecified atom stereocenters. The lowest BCUT2D eigenvalue weighted by atomic mass is 10.0. The molecule has 0 aromatic heterocycles. The van der Waals surface area contributed by atoms with Crippen molar-refractivity contribution in [2.45, 2.75) is 341 Å². The Hall–Kier alpha value is -3.41. The van der Waals surface area contributed by atoms with Crippen LogP contribution in [0.4, 0.5) is 0 Å². The lowest BCUT2D eigenvalue weighted by Gasteiger charge is -2.18. The van der Waals surface area contributed by atoms with Crippen LogP contribution in [0, 0.1) is 0 Å². The molecule has 0 aliphatic rings. The Morgan fingerprint density at radius 1 is 0.269 bits per heavy atom. The molecule has 0 heterocycles. The first-order chi connectivity index (χ1) is 38.5. The van der Waals surface area contributed by atoms with Crippen LogP contribution in [0.1, 0.15) is 335 Å². The summed E-state index contributed by atoms with van der Waals surface area (Å²) in [6, 6.07) is 0. The van der Waals surface area contributed by atoms with Gasteiger partial charge in [-0.2, -0.15) is 0 Å². The Balaban J connectivity index is 4.31. The maximum Gasteiger partial charge on any atom is 0.306 e. The summed E-state index contributed by atoms with van der Waals surface area (Å²) >= 11 is 0. The van der Waals surface area contributed by atoms with E-state index in [4.69, 9.17) is 14.2 Å². The topological polar surface area (TPSA) is 78.9 Å². The lowest BCUT2D eigenvalue weighted by Crippen LogP contribution is -2.30. The van der Waals surface area contributed by atoms with Crippen molar-refractivity contribution in [2.24, 2.45) is 0 Å². The van der Waals surface area contributed by atoms with Gasteiger partial charge in [0.05, 0.1) is 0 Å². The van der Waals surface area contributed by atoms with Gasteiger partial charge in [-0.15, -0.1) is 0 Å². The van der Waals surface area contributed by atoms with E-state index >= 15 is 0 Å². The summed E-state index contributed by atoms with van der Waals surface area (Å²) in [6.07, 6.45) is 87.5. The second-order valence-corrected chi connectivity index (χ2v) is 22.3. The van der Waals surface area contributed by atoms with Crippen LogP contribution in [0.2, 0.25) is 0 Å². The summed E-state index contributed by atoms with van der Waals surface area (Å²) < 4.78 is 16.9. The standard InChI is InChI=1S/C72H126O6/c1-4-7-10-13-16-19-22-25-28-30-32-33-34-35-36-37-38-39-40-42-44-47-50-53-56-59-62-65-71(74)77-68-69(67-76-70(73)64-61-58-55-52-49-46-43-27-24-21-18-15-12-9-6-3)78-72(75)66-63-60-57-54-51-48-45-41-31-29-26-23-20-17-14-11-8-5-2/h9,12,18,21-22,25,27,29-32,43,49,52,69H,4-8,10-11,13-17,19-20,23-24,26,28,33-42,44-48,50-51,53-68H2,1-3H3/b12-9-,21-18-,25-22-,31-29-,32-30-,43-27-,52-49-. The van der Waals surface area contributed by atoms with Crippen LogP contribution in [0.25, 0.3) is 0 Å². The van der Waals surface area contributed by atoms with Crippen molar-refractivity contribution in [1.82, 2.24) is 0 Å². The minimum Gasteiger partial charge on any atom is -0.462 e. The van der Waals surface area contributed by atoms with Crippen molar-refractivity contribution in [3.8, 4) is 0 Å². The van der Waals surface area contributed by atoms with Gasteiger partial charge in [-0.3, -0.25) is 14.4 Å². The zero-order valence-corrected chi connectivity index (χ0v) is 51.7. The first-order valence-corrected chi connectivity index (χ1v) is 33.6. The molecular formula is C72H126O6. The van der Waals surface area contributed by atoms with Crippen LogP contribution >= 0.6 is 0 Å². The molecule has 0 aliphatic carbocycles. The van der Waals surface area contributed by atoms with Crippen LogP contribution < -0.4 is 0 Å². The van der Waals surface area contributed by atoms with Gasteiger partial charge in [-0.05, 0) is 116 Å². The third-order valence-corrected chi connectivity index (χ3v) is 14.6. The van der Waals surface area contributed by atoms with Gasteiger partial charge in [0.2, 0.25) is 0 Å². The second kappa shape index (κ2) is 66.1. The molecule has 6 nitrogen and oxygen atoms in total. The molecule has 0 saturated heterocycles. The van der Waals surface area contributed by atoms with Crippen molar-refractivity contribution in [3.05, 3.63) is 85.1 Å². The van der Waals surface area contributed by atoms with Crippen LogP contribution in [0.5, 0.6) is 0 Å². The minimum atomic E-state index is -0.797. The highest BCUT2D eigenvalue weighted by Gasteiger charge is 2.19. The average Bonchev–Trinajstić information content (AvgIpc) is 3.44. The lowest BCUT2D eigenvalue weighted by molar-refractivity contribution is -0.167. The molecule has 0 fully saturated rings. The highest BCUT2D eigenvalue weighted by molar-refractivity contribution is 5.71. The molecule has 0 amide bonds. The van der Waals surface area contributed by atoms with Crippen molar-refractivity contribution < 1.29 is 28.6 Å². The van der Waals surface area contributed by atoms with Gasteiger partial charge in [0.1, 0.15) is 13.2 Å². The summed E-state index contributed by atoms with van der Waals surface area (Å²) in [5.41, 5.74) is 0. The summed E-state index contributed by atoms with van der Waals surface area (Å²) in [6.45, 7) is 6.51. The van der Waals surface area contributed by atoms with Crippen molar-refractivity contribution in [1.29, 1.82) is 0 Å². The fraction of sp³-hybridized carbons (Fsp3) is 0.764. The number of hydrogen-bond acceptors (Lipinski definition) is 6. The van der Waals surface area contributed by atoms with Crippen LogP contribution in [0.15, 0.2) is 85.1 Å². The predicted octanol–water partition coefficient (Wildman–Crippen LogP) is 23.1. The number of carbonyl (C=O) groups excluding carboxylic acids is 3. The smallest absolute Gasteiger partial charge is 0.306 e. The number of allylic oxidation sites excluding steroid dienone is 14. The molecule has 1 atom stereocenters. The number of esters is 3. The van der Waals surface area contributed by atoms with Gasteiger partial charge in [-0.1, -0.05) is 286 Å². The van der Waals surface area contributed by atoms with E-state index < -0.39 is 6.10 Å². The Morgan fingerprint density at radius 3 is 0.821 bits per heavy atom. The largest absolute Gasteiger partial charge is 0.462 e. The Labute approximate surface area is 484 Å². The third kappa shape index (κ3) is 63.4. The molecule has 0 N–H and O–H groups in total. The maximum atomic E-state index is 12.9. The predicted molar refractivity (Wildman–Crippen MR) is 339 cm³/mol. The van der Waals surface area contributed by atoms with Crippen LogP contribution in [-0.2, 0) is 28.6 Å². The summed E-state index contributed by atoms with van der Waals surface area (Å²) in [5.74, 6) is -0.923. The second-order valence-electron chi connectivity index (χ2n) is 22.3. The van der Waals surface area contributed by atoms with E-state index in [1.165, 1.54) is 205 Å². The first-order valence-electron chi connectivity index (χ1n) is 33.6. The molecule has 0 bridgehead atoms. The molecule has 0 saturated carbocycles. The highest BCUT2D eigenvalue weighted by atomic mass is 16.6. The summed E-state index contributed by atoms with van der Waals surface area (Å²) in [7, 11) is 0. The molecule has 78 heavy (non-hydrogen) atoms. The molecular weight excluding hydrogens is 961 g/mol. The Bertz CT molecular complexity index is 1480. The van der Waals surface area contributed by atoms with E-state index in [-0.39, 0.29) is 31.1 Å². The molecule has 0 aromatic rings. The van der Waals surface area contributed by atoms with E-state index in [2.05, 4.69) is 106 Å². The number of carbonyl (C=O) groups is 3. The Kier molecular flexibility index (Phi) is 63.2. The van der Waals surface area contributed by atoms with Gasteiger partial charge < -0.3 is 14.2 Å². The Morgan fingerprint density at radius 2 is 0.500 bits per heavy atom. The third-order valence-electron chi connectivity index (χ3n) is 14.6. The van der Waals surface area contributed by atoms with Gasteiger partial charge in [0.25, 0.3) is 0 Å². The van der Waals surface area contributed by atoms with Gasteiger partial charge in [0, 0.05) is 19.3 Å². The molecule has 0 rings (SSSR count). The fourth-order valence-corrected chi connectivity index (χ4v) is 9.58. The maximum absolute atomic E-state index is 12.9. The van der Waals surface area contributed by atoms with Gasteiger partial charge in [0.15, 0.2) is 6.10 Å². The highest BCUT2D eigenvalue weighted by Crippen LogP contribution is 2.17. The van der Waals surface area contributed by atoms with Gasteiger partial charge in [-0.25, -0.2) is 0 Å². The van der Waals surface area contributed by atoms with Crippen LogP contribution in [-0.4, -0.2) is 37.2 Å². The van der Waals surface area contributed by atoms with Crippen LogP contribution in [0.3, 0.4) is 0 Å². The fourth-order valence-electron chi connectivity index (χ4n) is 9.58. The number of ether oxygens (including phenoxy) is 3. The monoisotopic (exact) mass is 1090 g/mol. The van der Waals surface area contributed by atoms with Gasteiger partial charge >= 0.3 is 17.9 Å². The molecule has 6 heteroatoms. The molecule has 450 valence electrons. The quantitative estimate of drug-likeness (QED) is 0.0261. The van der Waals surface area contributed by atoms with E-state index in [0.29, 0.717) is 19.3 Å². The molecule has 0 aliphatic heterocycles. The SMILES string of the molecule is CC/C=C\C/C=C\C/C=C\C/C=C\CCCCC(=O)OCC(COC(=O)CCCCCCCCCCCCCCCCC/C=C\C/C=C\CCCCCCC)OC(=O)CCCCCCCCC/C=C\CCCCCCCCC. The minimum absolute atomic E-state index is 0.0896. The number of hydrogen-bond donors (Lipinski definition) is 0. The molecule has 0 spiro atoms. The van der Waals surface area contributed by atoms with E-state index in [9.17, 15) is 14.4 Å². The summed E-state index contributed by atoms with van der Waals surface area (Å²) in [4.78, 5) is 38.3. The average molecular weight is 1090 g/mol. The van der Waals surface area contributed by atoms with E-state index in [1.54, 1.807) is 0 Å². The zero-order chi connectivity index (χ0) is 56.4. The van der Waals surface area contributed by atoms with E-state index in [0.717, 1.165) is 89.9 Å².